The summed E-state index contributed by atoms with van der Waals surface area (Å²) in [6.07, 6.45) is 11.4. The van der Waals surface area contributed by atoms with Crippen molar-refractivity contribution in [1.82, 2.24) is 10.2 Å². The summed E-state index contributed by atoms with van der Waals surface area (Å²) in [5.41, 5.74) is 0. The van der Waals surface area contributed by atoms with Crippen LogP contribution in [0.15, 0.2) is 0 Å². The Bertz CT molecular complexity index is 258. The van der Waals surface area contributed by atoms with E-state index in [0.29, 0.717) is 0 Å². The second kappa shape index (κ2) is 8.38. The van der Waals surface area contributed by atoms with Crippen LogP contribution in [0.4, 0.5) is 0 Å². The molecule has 3 unspecified atom stereocenters. The number of nitrogens with one attached hydrogen (secondary N) is 1. The summed E-state index contributed by atoms with van der Waals surface area (Å²) in [6.45, 7) is 10.9. The van der Waals surface area contributed by atoms with E-state index in [0.717, 1.165) is 23.9 Å². The minimum absolute atomic E-state index is 0.757. The molecule has 0 amide bonds. The molecule has 0 aromatic rings. The van der Waals surface area contributed by atoms with Gasteiger partial charge in [-0.3, -0.25) is 4.90 Å². The fourth-order valence-electron chi connectivity index (χ4n) is 4.24. The van der Waals surface area contributed by atoms with Crippen molar-refractivity contribution in [2.75, 3.05) is 19.6 Å². The zero-order valence-corrected chi connectivity index (χ0v) is 14.0. The lowest BCUT2D eigenvalue weighted by atomic mass is 9.89. The Morgan fingerprint density at radius 2 is 1.85 bits per heavy atom. The fourth-order valence-corrected chi connectivity index (χ4v) is 4.24. The first-order valence-electron chi connectivity index (χ1n) is 9.18. The van der Waals surface area contributed by atoms with Crippen LogP contribution in [0.5, 0.6) is 0 Å². The second-order valence-electron chi connectivity index (χ2n) is 7.40. The van der Waals surface area contributed by atoms with E-state index in [1.54, 1.807) is 0 Å². The van der Waals surface area contributed by atoms with E-state index in [2.05, 4.69) is 31.0 Å². The lowest BCUT2D eigenvalue weighted by molar-refractivity contribution is 0.157. The number of hydrogen-bond acceptors (Lipinski definition) is 2. The number of nitrogens with zero attached hydrogens (tertiary/aromatic N) is 1. The maximum absolute atomic E-state index is 3.72. The Balaban J connectivity index is 1.83. The Hall–Kier alpha value is -0.0800. The molecule has 0 spiro atoms. The smallest absolute Gasteiger partial charge is 0.0195 e. The highest BCUT2D eigenvalue weighted by molar-refractivity contribution is 4.82. The molecule has 2 aliphatic rings. The number of rotatable bonds is 5. The summed E-state index contributed by atoms with van der Waals surface area (Å²) in [5, 5.41) is 3.72. The highest BCUT2D eigenvalue weighted by Gasteiger charge is 2.26. The van der Waals surface area contributed by atoms with Crippen molar-refractivity contribution >= 4 is 0 Å². The van der Waals surface area contributed by atoms with Crippen molar-refractivity contribution in [2.45, 2.75) is 84.2 Å². The van der Waals surface area contributed by atoms with Gasteiger partial charge >= 0.3 is 0 Å². The molecule has 1 saturated heterocycles. The van der Waals surface area contributed by atoms with E-state index < -0.39 is 0 Å². The minimum atomic E-state index is 0.757. The van der Waals surface area contributed by atoms with Crippen molar-refractivity contribution in [3.63, 3.8) is 0 Å². The van der Waals surface area contributed by atoms with Gasteiger partial charge in [0, 0.05) is 18.6 Å². The van der Waals surface area contributed by atoms with Gasteiger partial charge in [0.25, 0.3) is 0 Å². The van der Waals surface area contributed by atoms with Gasteiger partial charge in [-0.2, -0.15) is 0 Å². The predicted octanol–water partition coefficient (Wildman–Crippen LogP) is 4.06. The molecular formula is C18H36N2. The van der Waals surface area contributed by atoms with Crippen LogP contribution in [0.2, 0.25) is 0 Å². The Morgan fingerprint density at radius 3 is 2.50 bits per heavy atom. The molecule has 2 fully saturated rings. The lowest BCUT2D eigenvalue weighted by Gasteiger charge is -2.35. The Kier molecular flexibility index (Phi) is 6.83. The molecule has 1 N–H and O–H groups in total. The molecule has 1 heterocycles. The summed E-state index contributed by atoms with van der Waals surface area (Å²) in [4.78, 5) is 2.78. The van der Waals surface area contributed by atoms with Crippen molar-refractivity contribution < 1.29 is 0 Å². The van der Waals surface area contributed by atoms with Crippen LogP contribution >= 0.6 is 0 Å². The van der Waals surface area contributed by atoms with E-state index in [1.807, 2.05) is 0 Å². The van der Waals surface area contributed by atoms with E-state index in [9.17, 15) is 0 Å². The van der Waals surface area contributed by atoms with Crippen LogP contribution in [-0.2, 0) is 0 Å². The van der Waals surface area contributed by atoms with Crippen LogP contribution in [0, 0.1) is 11.8 Å². The molecule has 0 aromatic carbocycles. The molecule has 0 bridgehead atoms. The average molecular weight is 281 g/mol. The van der Waals surface area contributed by atoms with Gasteiger partial charge in [0.05, 0.1) is 0 Å². The van der Waals surface area contributed by atoms with E-state index in [4.69, 9.17) is 0 Å². The zero-order chi connectivity index (χ0) is 14.4. The third kappa shape index (κ3) is 4.73. The van der Waals surface area contributed by atoms with Gasteiger partial charge < -0.3 is 5.32 Å². The highest BCUT2D eigenvalue weighted by Crippen LogP contribution is 2.31. The maximum Gasteiger partial charge on any atom is 0.0195 e. The van der Waals surface area contributed by atoms with Crippen LogP contribution in [-0.4, -0.2) is 36.6 Å². The Morgan fingerprint density at radius 1 is 1.00 bits per heavy atom. The third-order valence-electron chi connectivity index (χ3n) is 5.72. The van der Waals surface area contributed by atoms with Gasteiger partial charge in [-0.1, -0.05) is 40.0 Å². The van der Waals surface area contributed by atoms with Gasteiger partial charge in [-0.15, -0.1) is 0 Å². The van der Waals surface area contributed by atoms with Crippen molar-refractivity contribution in [3.05, 3.63) is 0 Å². The van der Waals surface area contributed by atoms with Crippen molar-refractivity contribution in [1.29, 1.82) is 0 Å². The average Bonchev–Trinajstić information content (AvgIpc) is 2.72. The summed E-state index contributed by atoms with van der Waals surface area (Å²) >= 11 is 0. The number of likely N-dealkylation sites (N-methyl/N-ethyl adjacent to an activating group) is 1. The van der Waals surface area contributed by atoms with Gasteiger partial charge in [0.1, 0.15) is 0 Å². The quantitative estimate of drug-likeness (QED) is 0.764. The molecule has 0 aromatic heterocycles. The zero-order valence-electron chi connectivity index (χ0n) is 14.0. The fraction of sp³-hybridized carbons (Fsp3) is 1.00. The van der Waals surface area contributed by atoms with Gasteiger partial charge in [-0.05, 0) is 57.0 Å². The molecule has 0 radical (unpaired) electrons. The molecule has 118 valence electrons. The number of hydrogen-bond donors (Lipinski definition) is 1. The summed E-state index contributed by atoms with van der Waals surface area (Å²) in [6, 6.07) is 1.61. The third-order valence-corrected chi connectivity index (χ3v) is 5.72. The van der Waals surface area contributed by atoms with Crippen molar-refractivity contribution in [2.24, 2.45) is 11.8 Å². The van der Waals surface area contributed by atoms with Crippen LogP contribution in [0.1, 0.15) is 72.1 Å². The first kappa shape index (κ1) is 16.3. The molecule has 1 aliphatic carbocycles. The monoisotopic (exact) mass is 280 g/mol. The molecule has 1 saturated carbocycles. The van der Waals surface area contributed by atoms with Crippen LogP contribution in [0.25, 0.3) is 0 Å². The maximum atomic E-state index is 3.72. The first-order chi connectivity index (χ1) is 9.70. The summed E-state index contributed by atoms with van der Waals surface area (Å²) in [7, 11) is 0. The standard InChI is InChI=1S/C18H36N2/c1-4-20(14-17-9-5-6-13-19-17)18-10-7-8-16(11-12-18)15(2)3/h15-19H,4-14H2,1-3H3. The molecule has 2 rings (SSSR count). The van der Waals surface area contributed by atoms with Crippen LogP contribution < -0.4 is 5.32 Å². The largest absolute Gasteiger partial charge is 0.313 e. The van der Waals surface area contributed by atoms with Gasteiger partial charge in [0.15, 0.2) is 0 Å². The SMILES string of the molecule is CCN(CC1CCCCN1)C1CCCC(C(C)C)CC1. The Labute approximate surface area is 126 Å². The molecular weight excluding hydrogens is 244 g/mol. The van der Waals surface area contributed by atoms with Crippen molar-refractivity contribution in [3.8, 4) is 0 Å². The molecule has 2 nitrogen and oxygen atoms in total. The lowest BCUT2D eigenvalue weighted by Crippen LogP contribution is -2.47. The minimum Gasteiger partial charge on any atom is -0.313 e. The van der Waals surface area contributed by atoms with Gasteiger partial charge in [-0.25, -0.2) is 0 Å². The highest BCUT2D eigenvalue weighted by atomic mass is 15.2. The van der Waals surface area contributed by atoms with E-state index >= 15 is 0 Å². The predicted molar refractivity (Wildman–Crippen MR) is 88.1 cm³/mol. The number of piperidine rings is 1. The molecule has 20 heavy (non-hydrogen) atoms. The van der Waals surface area contributed by atoms with E-state index in [-0.39, 0.29) is 0 Å². The van der Waals surface area contributed by atoms with Gasteiger partial charge in [0.2, 0.25) is 0 Å². The molecule has 3 atom stereocenters. The molecule has 2 heteroatoms. The summed E-state index contributed by atoms with van der Waals surface area (Å²) in [5.74, 6) is 1.86. The second-order valence-corrected chi connectivity index (χ2v) is 7.40. The topological polar surface area (TPSA) is 15.3 Å². The molecule has 1 aliphatic heterocycles. The van der Waals surface area contributed by atoms with Crippen LogP contribution in [0.3, 0.4) is 0 Å². The van der Waals surface area contributed by atoms with E-state index in [1.165, 1.54) is 71.0 Å². The summed E-state index contributed by atoms with van der Waals surface area (Å²) < 4.78 is 0. The first-order valence-corrected chi connectivity index (χ1v) is 9.18. The normalized spacial score (nSPS) is 32.5.